The molecule has 4 aromatic rings. The van der Waals surface area contributed by atoms with Crippen LogP contribution in [-0.4, -0.2) is 60.9 Å². The van der Waals surface area contributed by atoms with Gasteiger partial charge < -0.3 is 13.7 Å². The number of ether oxygens (including phenoxy) is 1. The van der Waals surface area contributed by atoms with Crippen LogP contribution in [0.2, 0.25) is 0 Å². The van der Waals surface area contributed by atoms with Crippen molar-refractivity contribution in [2.75, 3.05) is 23.9 Å². The van der Waals surface area contributed by atoms with Crippen LogP contribution in [0.3, 0.4) is 0 Å². The minimum atomic E-state index is -4.66. The summed E-state index contributed by atoms with van der Waals surface area (Å²) >= 11 is 0.808. The second kappa shape index (κ2) is 24.2. The van der Waals surface area contributed by atoms with Crippen LogP contribution in [-0.2, 0) is 62.1 Å². The summed E-state index contributed by atoms with van der Waals surface area (Å²) in [5.41, 5.74) is -0.518. The van der Waals surface area contributed by atoms with Gasteiger partial charge in [0.1, 0.15) is 57.2 Å². The van der Waals surface area contributed by atoms with Crippen LogP contribution in [0.15, 0.2) is 139 Å². The summed E-state index contributed by atoms with van der Waals surface area (Å²) in [7, 11) is -9.01. The number of carbonyl (C=O) groups is 2. The molecule has 4 saturated carbocycles. The average Bonchev–Trinajstić information content (AvgIpc) is 3.72. The fourth-order valence-electron chi connectivity index (χ4n) is 8.79. The molecule has 16 heteroatoms. The lowest BCUT2D eigenvalue weighted by molar-refractivity contribution is -0.170. The molecule has 4 aliphatic carbocycles. The number of halogens is 1. The van der Waals surface area contributed by atoms with Crippen molar-refractivity contribution in [3.05, 3.63) is 120 Å². The van der Waals surface area contributed by atoms with Gasteiger partial charge in [-0.2, -0.15) is 8.42 Å². The molecule has 10 nitrogen and oxygen atoms in total. The molecular formula is C47H58FO10S5+. The molecule has 8 rings (SSSR count). The van der Waals surface area contributed by atoms with Crippen molar-refractivity contribution in [3.63, 3.8) is 0 Å². The lowest BCUT2D eigenvalue weighted by Gasteiger charge is -2.55. The van der Waals surface area contributed by atoms with Crippen molar-refractivity contribution in [2.24, 2.45) is 23.2 Å². The number of benzene rings is 3. The highest BCUT2D eigenvalue weighted by molar-refractivity contribution is 8.14. The third kappa shape index (κ3) is 15.6. The van der Waals surface area contributed by atoms with Gasteiger partial charge in [0, 0.05) is 17.0 Å². The molecular weight excluding hydrogens is 904 g/mol. The van der Waals surface area contributed by atoms with Crippen LogP contribution < -0.4 is 0 Å². The minimum absolute atomic E-state index is 0.0146. The first-order valence-electron chi connectivity index (χ1n) is 21.3. The van der Waals surface area contributed by atoms with E-state index in [9.17, 15) is 35.4 Å². The molecule has 0 aliphatic heterocycles. The zero-order valence-electron chi connectivity index (χ0n) is 35.8. The Hall–Kier alpha value is -3.38. The van der Waals surface area contributed by atoms with E-state index >= 15 is 0 Å². The van der Waals surface area contributed by atoms with Crippen LogP contribution in [0.5, 0.6) is 0 Å². The van der Waals surface area contributed by atoms with Crippen molar-refractivity contribution < 1.29 is 49.1 Å². The zero-order chi connectivity index (χ0) is 45.5. The van der Waals surface area contributed by atoms with Gasteiger partial charge in [0.15, 0.2) is 19.6 Å². The van der Waals surface area contributed by atoms with E-state index in [0.717, 1.165) is 55.4 Å². The van der Waals surface area contributed by atoms with Crippen LogP contribution in [0.25, 0.3) is 0 Å². The maximum Gasteiger partial charge on any atom is 0.312 e. The van der Waals surface area contributed by atoms with E-state index in [0.29, 0.717) is 23.5 Å². The molecule has 0 saturated heterocycles. The van der Waals surface area contributed by atoms with Crippen molar-refractivity contribution in [2.45, 2.75) is 103 Å². The highest BCUT2D eigenvalue weighted by atomic mass is 32.2. The Kier molecular flexibility index (Phi) is 19.5. The third-order valence-corrected chi connectivity index (χ3v) is 18.6. The lowest BCUT2D eigenvalue weighted by atomic mass is 9.49. The third-order valence-electron chi connectivity index (χ3n) is 11.3. The number of esters is 1. The Morgan fingerprint density at radius 1 is 0.810 bits per heavy atom. The predicted molar refractivity (Wildman–Crippen MR) is 249 cm³/mol. The van der Waals surface area contributed by atoms with Crippen molar-refractivity contribution in [1.29, 1.82) is 0 Å². The van der Waals surface area contributed by atoms with Crippen LogP contribution in [0.4, 0.5) is 4.39 Å². The fraction of sp³-hybridized carbons (Fsp3) is 0.447. The van der Waals surface area contributed by atoms with Crippen LogP contribution in [0, 0.1) is 23.2 Å². The standard InChI is InChI=1S/C18H15S.C15H24O5S3.C14H19FO5S/c1-4-10-16(11-5-1)19(17-12-6-2-7-13-17)18-14-8-3-9-15-18;1-3-5-7-22(8-6-4-2)14-9-13(20-10-14)11-21-15(16)12-23(17,18)19;15-7-12(21(17,18)19)8-20-13(16)14-4-9-1-10(5-14)3-11(2-9)6-14/h1-15H;9-10H,3-8,11-12H2,1-2H3;7,9-11H,1-6,8H2,(H,17,18,19)/q+1;;/b;;12-7+. The topological polar surface area (TPSA) is 168 Å². The normalized spacial score (nSPS) is 20.4. The first kappa shape index (κ1) is 50.6. The van der Waals surface area contributed by atoms with Gasteiger partial charge in [0.25, 0.3) is 10.1 Å². The maximum absolute atomic E-state index is 12.5. The van der Waals surface area contributed by atoms with Gasteiger partial charge in [-0.3, -0.25) is 14.1 Å². The molecule has 0 amide bonds. The Bertz CT molecular complexity index is 2170. The first-order valence-corrected chi connectivity index (χ1v) is 28.1. The second-order valence-electron chi connectivity index (χ2n) is 16.3. The molecule has 0 atom stereocenters. The van der Waals surface area contributed by atoms with E-state index in [4.69, 9.17) is 13.7 Å². The van der Waals surface area contributed by atoms with Gasteiger partial charge >= 0.3 is 5.97 Å². The molecule has 4 aliphatic rings. The fourth-order valence-corrected chi connectivity index (χ4v) is 15.2. The smallest absolute Gasteiger partial charge is 0.312 e. The number of hydrogen-bond donors (Lipinski definition) is 1. The molecule has 0 radical (unpaired) electrons. The number of thioether (sulfide) groups is 1. The SMILES string of the molecule is CCCC[S+](CCCC)c1coc(CSC(=O)CS(=O)(=O)[O-])c1.O=C(OC/C(=C\F)S(=O)(=O)O)C12CC3CC(CC(C3)C1)C2.c1ccc([S+](c2ccccc2)c2ccccc2)cc1. The molecule has 3 aromatic carbocycles. The van der Waals surface area contributed by atoms with E-state index in [1.165, 1.54) is 51.7 Å². The number of furan rings is 1. The summed E-state index contributed by atoms with van der Waals surface area (Å²) in [4.78, 5) is 28.1. The summed E-state index contributed by atoms with van der Waals surface area (Å²) in [5.74, 6) is 3.46. The van der Waals surface area contributed by atoms with Crippen LogP contribution >= 0.6 is 11.8 Å². The number of hydrogen-bond acceptors (Lipinski definition) is 10. The molecule has 0 spiro atoms. The average molecular weight is 962 g/mol. The molecule has 4 fully saturated rings. The monoisotopic (exact) mass is 961 g/mol. The van der Waals surface area contributed by atoms with E-state index in [1.807, 2.05) is 6.07 Å². The lowest BCUT2D eigenvalue weighted by Crippen LogP contribution is -2.50. The molecule has 1 heterocycles. The Morgan fingerprint density at radius 2 is 1.27 bits per heavy atom. The van der Waals surface area contributed by atoms with E-state index in [1.54, 1.807) is 6.26 Å². The molecule has 4 bridgehead atoms. The van der Waals surface area contributed by atoms with Gasteiger partial charge in [-0.05, 0) is 106 Å². The summed E-state index contributed by atoms with van der Waals surface area (Å²) in [6.07, 6.45) is 12.1. The molecule has 342 valence electrons. The Labute approximate surface area is 382 Å². The van der Waals surface area contributed by atoms with E-state index in [2.05, 4.69) is 105 Å². The Morgan fingerprint density at radius 3 is 1.67 bits per heavy atom. The highest BCUT2D eigenvalue weighted by Gasteiger charge is 2.55. The molecule has 0 unspecified atom stereocenters. The second-order valence-corrected chi connectivity index (χ2v) is 24.5. The van der Waals surface area contributed by atoms with Gasteiger partial charge in [-0.25, -0.2) is 12.8 Å². The molecule has 1 aromatic heterocycles. The summed E-state index contributed by atoms with van der Waals surface area (Å²) in [6, 6.07) is 34.1. The first-order chi connectivity index (χ1) is 30.1. The van der Waals surface area contributed by atoms with E-state index < -0.39 is 54.0 Å². The highest BCUT2D eigenvalue weighted by Crippen LogP contribution is 2.60. The van der Waals surface area contributed by atoms with Gasteiger partial charge in [-0.15, -0.1) is 0 Å². The summed E-state index contributed by atoms with van der Waals surface area (Å²) in [6.45, 7) is 3.61. The summed E-state index contributed by atoms with van der Waals surface area (Å²) in [5, 5.41) is -0.645. The van der Waals surface area contributed by atoms with Crippen molar-refractivity contribution in [3.8, 4) is 0 Å². The van der Waals surface area contributed by atoms with Crippen molar-refractivity contribution >= 4 is 64.9 Å². The number of carbonyl (C=O) groups excluding carboxylic acids is 2. The largest absolute Gasteiger partial charge is 0.748 e. The maximum atomic E-state index is 12.5. The summed E-state index contributed by atoms with van der Waals surface area (Å²) < 4.78 is 85.1. The zero-order valence-corrected chi connectivity index (χ0v) is 39.9. The minimum Gasteiger partial charge on any atom is -0.748 e. The van der Waals surface area contributed by atoms with E-state index in [-0.39, 0.29) is 33.9 Å². The van der Waals surface area contributed by atoms with Gasteiger partial charge in [-0.1, -0.05) is 93.0 Å². The van der Waals surface area contributed by atoms with Crippen LogP contribution in [0.1, 0.15) is 83.8 Å². The van der Waals surface area contributed by atoms with Gasteiger partial charge in [0.05, 0.1) is 22.1 Å². The Balaban J connectivity index is 0.000000179. The predicted octanol–water partition coefficient (Wildman–Crippen LogP) is 10.4. The number of rotatable bonds is 18. The number of unbranched alkanes of at least 4 members (excludes halogenated alkanes) is 2. The quantitative estimate of drug-likeness (QED) is 0.0572. The molecule has 63 heavy (non-hydrogen) atoms. The van der Waals surface area contributed by atoms with Crippen molar-refractivity contribution in [1.82, 2.24) is 0 Å². The molecule has 1 N–H and O–H groups in total. The van der Waals surface area contributed by atoms with Gasteiger partial charge in [0.2, 0.25) is 5.12 Å².